The Balaban J connectivity index is 3.23. The number of nitrogens with two attached hydrogens (primary N) is 1. The maximum absolute atomic E-state index is 5.62. The summed E-state index contributed by atoms with van der Waals surface area (Å²) in [5.41, 5.74) is 7.90. The fourth-order valence-corrected chi connectivity index (χ4v) is 2.25. The second kappa shape index (κ2) is 4.80. The van der Waals surface area contributed by atoms with Gasteiger partial charge in [-0.2, -0.15) is 0 Å². The van der Waals surface area contributed by atoms with Crippen molar-refractivity contribution in [2.45, 2.75) is 26.3 Å². The molecule has 0 amide bonds. The van der Waals surface area contributed by atoms with E-state index in [0.717, 1.165) is 15.8 Å². The first-order valence-electron chi connectivity index (χ1n) is 4.66. The molecule has 0 saturated heterocycles. The highest BCUT2D eigenvalue weighted by Gasteiger charge is 2.10. The van der Waals surface area contributed by atoms with Crippen molar-refractivity contribution in [3.8, 4) is 5.75 Å². The van der Waals surface area contributed by atoms with Crippen molar-refractivity contribution in [1.29, 1.82) is 0 Å². The van der Waals surface area contributed by atoms with Crippen LogP contribution in [0.4, 0.5) is 0 Å². The summed E-state index contributed by atoms with van der Waals surface area (Å²) >= 11 is 3.54. The fourth-order valence-electron chi connectivity index (χ4n) is 1.40. The Morgan fingerprint density at radius 1 is 1.43 bits per heavy atom. The first kappa shape index (κ1) is 11.5. The van der Waals surface area contributed by atoms with E-state index >= 15 is 0 Å². The van der Waals surface area contributed by atoms with Gasteiger partial charge in [-0.1, -0.05) is 29.8 Å². The first-order valence-corrected chi connectivity index (χ1v) is 5.45. The van der Waals surface area contributed by atoms with Crippen LogP contribution in [0.5, 0.6) is 5.75 Å². The molecule has 0 aromatic heterocycles. The molecule has 0 radical (unpaired) electrons. The lowest BCUT2D eigenvalue weighted by Gasteiger charge is -2.13. The minimum atomic E-state index is 0.477. The molecule has 3 heteroatoms. The highest BCUT2D eigenvalue weighted by molar-refractivity contribution is 9.10. The number of methoxy groups -OCH3 is 1. The third-order valence-electron chi connectivity index (χ3n) is 2.24. The summed E-state index contributed by atoms with van der Waals surface area (Å²) in [6.45, 7) is 4.81. The Kier molecular flexibility index (Phi) is 3.96. The lowest BCUT2D eigenvalue weighted by Crippen LogP contribution is -2.02. The Hall–Kier alpha value is -0.540. The molecule has 0 unspecified atom stereocenters. The van der Waals surface area contributed by atoms with Crippen LogP contribution in [0.3, 0.4) is 0 Å². The van der Waals surface area contributed by atoms with Gasteiger partial charge in [-0.25, -0.2) is 0 Å². The molecular formula is C11H16BrNO. The Morgan fingerprint density at radius 2 is 2.07 bits per heavy atom. The largest absolute Gasteiger partial charge is 0.496 e. The second-order valence-corrected chi connectivity index (χ2v) is 4.40. The van der Waals surface area contributed by atoms with Crippen LogP contribution in [-0.2, 0) is 6.54 Å². The van der Waals surface area contributed by atoms with Gasteiger partial charge < -0.3 is 10.5 Å². The van der Waals surface area contributed by atoms with E-state index in [9.17, 15) is 0 Å². The van der Waals surface area contributed by atoms with Gasteiger partial charge in [0.05, 0.1) is 7.11 Å². The summed E-state index contributed by atoms with van der Waals surface area (Å²) < 4.78 is 6.39. The van der Waals surface area contributed by atoms with Crippen molar-refractivity contribution in [2.75, 3.05) is 7.11 Å². The predicted octanol–water partition coefficient (Wildman–Crippen LogP) is 3.04. The van der Waals surface area contributed by atoms with E-state index in [1.165, 1.54) is 5.56 Å². The van der Waals surface area contributed by atoms with Crippen molar-refractivity contribution in [3.05, 3.63) is 27.7 Å². The topological polar surface area (TPSA) is 35.2 Å². The minimum Gasteiger partial charge on any atom is -0.496 e. The maximum Gasteiger partial charge on any atom is 0.123 e. The number of ether oxygens (including phenoxy) is 1. The molecule has 14 heavy (non-hydrogen) atoms. The Morgan fingerprint density at radius 3 is 2.50 bits per heavy atom. The van der Waals surface area contributed by atoms with Gasteiger partial charge in [0.1, 0.15) is 5.75 Å². The molecule has 0 saturated carbocycles. The van der Waals surface area contributed by atoms with E-state index in [4.69, 9.17) is 10.5 Å². The van der Waals surface area contributed by atoms with Gasteiger partial charge in [0.2, 0.25) is 0 Å². The minimum absolute atomic E-state index is 0.477. The highest BCUT2D eigenvalue weighted by atomic mass is 79.9. The predicted molar refractivity (Wildman–Crippen MR) is 62.7 cm³/mol. The van der Waals surface area contributed by atoms with Crippen molar-refractivity contribution < 1.29 is 4.74 Å². The number of rotatable bonds is 3. The maximum atomic E-state index is 5.62. The summed E-state index contributed by atoms with van der Waals surface area (Å²) in [4.78, 5) is 0. The Bertz CT molecular complexity index is 323. The van der Waals surface area contributed by atoms with E-state index in [1.807, 2.05) is 6.07 Å². The lowest BCUT2D eigenvalue weighted by molar-refractivity contribution is 0.409. The van der Waals surface area contributed by atoms with Crippen LogP contribution in [0.1, 0.15) is 30.9 Å². The molecule has 0 atom stereocenters. The van der Waals surface area contributed by atoms with E-state index < -0.39 is 0 Å². The molecule has 1 rings (SSSR count). The van der Waals surface area contributed by atoms with Gasteiger partial charge in [-0.05, 0) is 23.6 Å². The molecule has 1 aromatic carbocycles. The van der Waals surface area contributed by atoms with Crippen LogP contribution in [0.2, 0.25) is 0 Å². The van der Waals surface area contributed by atoms with Crippen LogP contribution < -0.4 is 10.5 Å². The molecule has 2 N–H and O–H groups in total. The van der Waals surface area contributed by atoms with E-state index in [2.05, 4.69) is 35.8 Å². The number of benzene rings is 1. The van der Waals surface area contributed by atoms with Crippen LogP contribution in [-0.4, -0.2) is 7.11 Å². The second-order valence-electron chi connectivity index (χ2n) is 3.54. The SMILES string of the molecule is COc1cc(C(C)C)c(Br)cc1CN. The zero-order valence-corrected chi connectivity index (χ0v) is 10.4. The van der Waals surface area contributed by atoms with Crippen LogP contribution >= 0.6 is 15.9 Å². The summed E-state index contributed by atoms with van der Waals surface area (Å²) in [6.07, 6.45) is 0. The monoisotopic (exact) mass is 257 g/mol. The summed E-state index contributed by atoms with van der Waals surface area (Å²) in [5, 5.41) is 0. The van der Waals surface area contributed by atoms with Crippen molar-refractivity contribution in [3.63, 3.8) is 0 Å². The van der Waals surface area contributed by atoms with Crippen molar-refractivity contribution in [1.82, 2.24) is 0 Å². The molecule has 0 aliphatic rings. The third kappa shape index (κ3) is 2.28. The van der Waals surface area contributed by atoms with Gasteiger partial charge in [-0.15, -0.1) is 0 Å². The molecule has 2 nitrogen and oxygen atoms in total. The number of halogens is 1. The normalized spacial score (nSPS) is 10.7. The summed E-state index contributed by atoms with van der Waals surface area (Å²) in [7, 11) is 1.67. The molecule has 0 aliphatic heterocycles. The van der Waals surface area contributed by atoms with Gasteiger partial charge in [-0.3, -0.25) is 0 Å². The van der Waals surface area contributed by atoms with Crippen LogP contribution in [0, 0.1) is 0 Å². The average molecular weight is 258 g/mol. The smallest absolute Gasteiger partial charge is 0.123 e. The zero-order chi connectivity index (χ0) is 10.7. The molecule has 1 aromatic rings. The number of hydrogen-bond acceptors (Lipinski definition) is 2. The molecule has 78 valence electrons. The summed E-state index contributed by atoms with van der Waals surface area (Å²) in [5.74, 6) is 1.35. The van der Waals surface area contributed by atoms with Gasteiger partial charge >= 0.3 is 0 Å². The van der Waals surface area contributed by atoms with Crippen LogP contribution in [0.15, 0.2) is 16.6 Å². The average Bonchev–Trinajstić information content (AvgIpc) is 2.16. The van der Waals surface area contributed by atoms with Gasteiger partial charge in [0.25, 0.3) is 0 Å². The Labute approximate surface area is 93.6 Å². The molecule has 0 heterocycles. The van der Waals surface area contributed by atoms with Gasteiger partial charge in [0.15, 0.2) is 0 Å². The van der Waals surface area contributed by atoms with Crippen LogP contribution in [0.25, 0.3) is 0 Å². The first-order chi connectivity index (χ1) is 6.60. The molecule has 0 aliphatic carbocycles. The van der Waals surface area contributed by atoms with E-state index in [0.29, 0.717) is 12.5 Å². The standard InChI is InChI=1S/C11H16BrNO/c1-7(2)9-5-11(14-3)8(6-13)4-10(9)12/h4-5,7H,6,13H2,1-3H3. The zero-order valence-electron chi connectivity index (χ0n) is 8.80. The lowest BCUT2D eigenvalue weighted by atomic mass is 10.0. The fraction of sp³-hybridized carbons (Fsp3) is 0.455. The molecule has 0 bridgehead atoms. The van der Waals surface area contributed by atoms with Crippen molar-refractivity contribution in [2.24, 2.45) is 5.73 Å². The van der Waals surface area contributed by atoms with E-state index in [1.54, 1.807) is 7.11 Å². The van der Waals surface area contributed by atoms with Crippen molar-refractivity contribution >= 4 is 15.9 Å². The molecular weight excluding hydrogens is 242 g/mol. The van der Waals surface area contributed by atoms with E-state index in [-0.39, 0.29) is 0 Å². The van der Waals surface area contributed by atoms with Gasteiger partial charge in [0, 0.05) is 16.6 Å². The quantitative estimate of drug-likeness (QED) is 0.904. The molecule has 0 fully saturated rings. The number of hydrogen-bond donors (Lipinski definition) is 1. The highest BCUT2D eigenvalue weighted by Crippen LogP contribution is 2.31. The molecule has 0 spiro atoms. The third-order valence-corrected chi connectivity index (χ3v) is 2.93. The summed E-state index contributed by atoms with van der Waals surface area (Å²) in [6, 6.07) is 4.09.